The van der Waals surface area contributed by atoms with Crippen molar-refractivity contribution in [3.05, 3.63) is 58.5 Å². The molecule has 0 N–H and O–H groups in total. The van der Waals surface area contributed by atoms with Crippen LogP contribution >= 0.6 is 11.6 Å². The standard InChI is InChI=1S/C23H26ClNO6S/c1-4-29-20-12-16(13-21(30-5-2)22(20)31-6-3)23(26)25(18-9-7-8-17(24)14-18)19-10-11-32(27,28)15-19/h7-14,19H,4-6,15H2,1-3H3. The maximum atomic E-state index is 13.7. The summed E-state index contributed by atoms with van der Waals surface area (Å²) in [5, 5.41) is 1.57. The highest BCUT2D eigenvalue weighted by Crippen LogP contribution is 2.40. The first-order chi connectivity index (χ1) is 15.3. The first-order valence-corrected chi connectivity index (χ1v) is 12.5. The van der Waals surface area contributed by atoms with Gasteiger partial charge in [-0.05, 0) is 57.2 Å². The molecule has 32 heavy (non-hydrogen) atoms. The fraction of sp³-hybridized carbons (Fsp3) is 0.348. The Hall–Kier alpha value is -2.71. The van der Waals surface area contributed by atoms with Crippen LogP contribution in [0.15, 0.2) is 47.9 Å². The van der Waals surface area contributed by atoms with E-state index >= 15 is 0 Å². The Balaban J connectivity index is 2.12. The van der Waals surface area contributed by atoms with Crippen LogP contribution in [0.4, 0.5) is 5.69 Å². The summed E-state index contributed by atoms with van der Waals surface area (Å²) in [5.41, 5.74) is 0.761. The molecule has 0 radical (unpaired) electrons. The third kappa shape index (κ3) is 5.37. The second-order valence-electron chi connectivity index (χ2n) is 6.98. The molecule has 1 amide bonds. The SMILES string of the molecule is CCOc1cc(C(=O)N(c2cccc(Cl)c2)C2C=CS(=O)(=O)C2)cc(OCC)c1OCC. The quantitative estimate of drug-likeness (QED) is 0.527. The molecule has 0 aliphatic carbocycles. The minimum absolute atomic E-state index is 0.209. The Kier molecular flexibility index (Phi) is 7.69. The van der Waals surface area contributed by atoms with Crippen LogP contribution in [0.5, 0.6) is 17.2 Å². The van der Waals surface area contributed by atoms with Gasteiger partial charge in [0.2, 0.25) is 5.75 Å². The molecule has 172 valence electrons. The van der Waals surface area contributed by atoms with Gasteiger partial charge in [-0.2, -0.15) is 0 Å². The summed E-state index contributed by atoms with van der Waals surface area (Å²) in [6.07, 6.45) is 1.51. The summed E-state index contributed by atoms with van der Waals surface area (Å²) in [5.74, 6) is 0.557. The van der Waals surface area contributed by atoms with E-state index in [-0.39, 0.29) is 11.3 Å². The molecule has 1 heterocycles. The van der Waals surface area contributed by atoms with Gasteiger partial charge in [0.15, 0.2) is 21.3 Å². The lowest BCUT2D eigenvalue weighted by Gasteiger charge is -2.28. The number of rotatable bonds is 9. The highest BCUT2D eigenvalue weighted by molar-refractivity contribution is 7.94. The van der Waals surface area contributed by atoms with Crippen molar-refractivity contribution < 1.29 is 27.4 Å². The summed E-state index contributed by atoms with van der Waals surface area (Å²) in [6, 6.07) is 9.23. The van der Waals surface area contributed by atoms with Gasteiger partial charge in [0.05, 0.1) is 31.6 Å². The number of sulfone groups is 1. The lowest BCUT2D eigenvalue weighted by atomic mass is 10.1. The molecule has 1 unspecified atom stereocenters. The molecule has 0 saturated heterocycles. The Morgan fingerprint density at radius 1 is 1.03 bits per heavy atom. The third-order valence-corrected chi connectivity index (χ3v) is 6.32. The van der Waals surface area contributed by atoms with Crippen molar-refractivity contribution in [2.24, 2.45) is 0 Å². The smallest absolute Gasteiger partial charge is 0.259 e. The molecule has 2 aromatic rings. The van der Waals surface area contributed by atoms with Gasteiger partial charge in [0.1, 0.15) is 0 Å². The number of carbonyl (C=O) groups is 1. The molecule has 0 spiro atoms. The Bertz CT molecular complexity index is 1090. The van der Waals surface area contributed by atoms with E-state index < -0.39 is 21.8 Å². The number of halogens is 1. The Morgan fingerprint density at radius 3 is 2.16 bits per heavy atom. The molecule has 3 rings (SSSR count). The highest BCUT2D eigenvalue weighted by Gasteiger charge is 2.33. The van der Waals surface area contributed by atoms with Crippen molar-refractivity contribution >= 4 is 33.0 Å². The van der Waals surface area contributed by atoms with E-state index in [1.165, 1.54) is 11.0 Å². The van der Waals surface area contributed by atoms with E-state index in [1.807, 2.05) is 20.8 Å². The van der Waals surface area contributed by atoms with Gasteiger partial charge in [-0.3, -0.25) is 4.79 Å². The minimum atomic E-state index is -3.40. The fourth-order valence-electron chi connectivity index (χ4n) is 3.46. The Labute approximate surface area is 193 Å². The van der Waals surface area contributed by atoms with E-state index in [9.17, 15) is 13.2 Å². The van der Waals surface area contributed by atoms with E-state index in [1.54, 1.807) is 36.4 Å². The van der Waals surface area contributed by atoms with Crippen LogP contribution in [0.2, 0.25) is 5.02 Å². The first-order valence-electron chi connectivity index (χ1n) is 10.4. The average Bonchev–Trinajstić information content (AvgIpc) is 3.10. The zero-order valence-electron chi connectivity index (χ0n) is 18.2. The molecule has 1 aliphatic rings. The molecule has 0 fully saturated rings. The maximum Gasteiger partial charge on any atom is 0.259 e. The summed E-state index contributed by atoms with van der Waals surface area (Å²) >= 11 is 6.16. The van der Waals surface area contributed by atoms with Crippen LogP contribution < -0.4 is 19.1 Å². The van der Waals surface area contributed by atoms with Gasteiger partial charge < -0.3 is 19.1 Å². The number of ether oxygens (including phenoxy) is 3. The number of nitrogens with zero attached hydrogens (tertiary/aromatic N) is 1. The van der Waals surface area contributed by atoms with Crippen molar-refractivity contribution in [3.63, 3.8) is 0 Å². The van der Waals surface area contributed by atoms with Gasteiger partial charge in [0, 0.05) is 21.7 Å². The average molecular weight is 480 g/mol. The van der Waals surface area contributed by atoms with Crippen molar-refractivity contribution in [1.82, 2.24) is 0 Å². The molecular weight excluding hydrogens is 454 g/mol. The number of carbonyl (C=O) groups excluding carboxylic acids is 1. The van der Waals surface area contributed by atoms with Gasteiger partial charge in [-0.25, -0.2) is 8.42 Å². The monoisotopic (exact) mass is 479 g/mol. The summed E-state index contributed by atoms with van der Waals surface area (Å²) in [4.78, 5) is 15.2. The lowest BCUT2D eigenvalue weighted by Crippen LogP contribution is -2.41. The Morgan fingerprint density at radius 2 is 1.66 bits per heavy atom. The van der Waals surface area contributed by atoms with Crippen LogP contribution in [0.1, 0.15) is 31.1 Å². The van der Waals surface area contributed by atoms with E-state index in [4.69, 9.17) is 25.8 Å². The van der Waals surface area contributed by atoms with Gasteiger partial charge >= 0.3 is 0 Å². The lowest BCUT2D eigenvalue weighted by molar-refractivity contribution is 0.0982. The predicted octanol–water partition coefficient (Wildman–Crippen LogP) is 4.49. The normalized spacial score (nSPS) is 16.6. The van der Waals surface area contributed by atoms with Crippen molar-refractivity contribution in [2.45, 2.75) is 26.8 Å². The molecule has 7 nitrogen and oxygen atoms in total. The maximum absolute atomic E-state index is 13.7. The number of anilines is 1. The molecule has 0 aromatic heterocycles. The van der Waals surface area contributed by atoms with Crippen LogP contribution in [0, 0.1) is 0 Å². The van der Waals surface area contributed by atoms with Crippen LogP contribution in [0.3, 0.4) is 0 Å². The number of hydrogen-bond donors (Lipinski definition) is 0. The number of amides is 1. The van der Waals surface area contributed by atoms with Crippen LogP contribution in [-0.2, 0) is 9.84 Å². The zero-order chi connectivity index (χ0) is 23.3. The summed E-state index contributed by atoms with van der Waals surface area (Å²) < 4.78 is 41.3. The van der Waals surface area contributed by atoms with E-state index in [0.717, 1.165) is 5.41 Å². The molecule has 2 aromatic carbocycles. The molecule has 0 saturated carbocycles. The third-order valence-electron chi connectivity index (χ3n) is 4.70. The fourth-order valence-corrected chi connectivity index (χ4v) is 4.91. The minimum Gasteiger partial charge on any atom is -0.490 e. The van der Waals surface area contributed by atoms with Crippen molar-refractivity contribution in [3.8, 4) is 17.2 Å². The molecule has 1 atom stereocenters. The predicted molar refractivity (Wildman–Crippen MR) is 125 cm³/mol. The van der Waals surface area contributed by atoms with Gasteiger partial charge in [-0.1, -0.05) is 17.7 Å². The molecule has 0 bridgehead atoms. The number of hydrogen-bond acceptors (Lipinski definition) is 6. The highest BCUT2D eigenvalue weighted by atomic mass is 35.5. The van der Waals surface area contributed by atoms with E-state index in [0.29, 0.717) is 47.8 Å². The molecule has 9 heteroatoms. The molecule has 1 aliphatic heterocycles. The second-order valence-corrected chi connectivity index (χ2v) is 9.35. The van der Waals surface area contributed by atoms with Crippen LogP contribution in [0.25, 0.3) is 0 Å². The van der Waals surface area contributed by atoms with Crippen molar-refractivity contribution in [2.75, 3.05) is 30.5 Å². The summed E-state index contributed by atoms with van der Waals surface area (Å²) in [7, 11) is -3.40. The number of benzene rings is 2. The summed E-state index contributed by atoms with van der Waals surface area (Å²) in [6.45, 7) is 6.63. The largest absolute Gasteiger partial charge is 0.490 e. The van der Waals surface area contributed by atoms with Gasteiger partial charge in [0.25, 0.3) is 5.91 Å². The van der Waals surface area contributed by atoms with Crippen molar-refractivity contribution in [1.29, 1.82) is 0 Å². The zero-order valence-corrected chi connectivity index (χ0v) is 19.8. The van der Waals surface area contributed by atoms with Gasteiger partial charge in [-0.15, -0.1) is 0 Å². The second kappa shape index (κ2) is 10.3. The topological polar surface area (TPSA) is 82.1 Å². The van der Waals surface area contributed by atoms with E-state index in [2.05, 4.69) is 0 Å². The van der Waals surface area contributed by atoms with Crippen LogP contribution in [-0.4, -0.2) is 45.9 Å². The molecular formula is C23H26ClNO6S. The first kappa shape index (κ1) is 23.9.